The summed E-state index contributed by atoms with van der Waals surface area (Å²) in [6, 6.07) is 0. The lowest BCUT2D eigenvalue weighted by Gasteiger charge is -2.66. The average Bonchev–Trinajstić information content (AvgIpc) is 3.03. The predicted octanol–water partition coefficient (Wildman–Crippen LogP) is 6.61. The van der Waals surface area contributed by atoms with Gasteiger partial charge in [-0.05, 0) is 104 Å². The number of esters is 3. The average molecular weight is 699 g/mol. The molecule has 10 heteroatoms. The van der Waals surface area contributed by atoms with Gasteiger partial charge in [0.05, 0.1) is 6.10 Å². The van der Waals surface area contributed by atoms with Crippen molar-refractivity contribution in [2.24, 2.45) is 51.8 Å². The summed E-state index contributed by atoms with van der Waals surface area (Å²) in [5.41, 5.74) is 1.94. The third-order valence-electron chi connectivity index (χ3n) is 14.8. The van der Waals surface area contributed by atoms with Crippen molar-refractivity contribution in [1.82, 2.24) is 0 Å². The molecule has 0 radical (unpaired) electrons. The van der Waals surface area contributed by atoms with Crippen molar-refractivity contribution in [3.8, 4) is 0 Å². The molecule has 6 aliphatic rings. The van der Waals surface area contributed by atoms with Gasteiger partial charge in [0.15, 0.2) is 24.4 Å². The molecule has 278 valence electrons. The Morgan fingerprint density at radius 2 is 1.52 bits per heavy atom. The summed E-state index contributed by atoms with van der Waals surface area (Å²) in [5.74, 6) is -0.480. The molecule has 1 aliphatic heterocycles. The number of carbonyl (C=O) groups is 5. The smallest absolute Gasteiger partial charge is 0.336 e. The number of Topliss-reactive ketones (excluding diaryl/α,β-unsaturated/α-hetero) is 1. The highest BCUT2D eigenvalue weighted by Gasteiger charge is 2.63. The van der Waals surface area contributed by atoms with Crippen LogP contribution in [0.25, 0.3) is 0 Å². The van der Waals surface area contributed by atoms with Gasteiger partial charge in [-0.3, -0.25) is 19.2 Å². The van der Waals surface area contributed by atoms with Crippen LogP contribution in [0.5, 0.6) is 0 Å². The van der Waals surface area contributed by atoms with Crippen LogP contribution in [-0.2, 0) is 42.9 Å². The van der Waals surface area contributed by atoms with E-state index in [0.717, 1.165) is 71.1 Å². The molecule has 6 rings (SSSR count). The van der Waals surface area contributed by atoms with Crippen LogP contribution in [-0.4, -0.2) is 65.3 Å². The van der Waals surface area contributed by atoms with Gasteiger partial charge in [0.25, 0.3) is 0 Å². The molecule has 4 saturated carbocycles. The van der Waals surface area contributed by atoms with E-state index in [1.807, 2.05) is 0 Å². The molecule has 0 amide bonds. The minimum atomic E-state index is -1.60. The molecular formula is C40H58O10. The topological polar surface area (TPSA) is 143 Å². The first kappa shape index (κ1) is 37.0. The number of carboxylic acid groups (broad SMARTS) is 1. The van der Waals surface area contributed by atoms with Crippen LogP contribution >= 0.6 is 0 Å². The van der Waals surface area contributed by atoms with Crippen molar-refractivity contribution in [2.45, 2.75) is 156 Å². The molecule has 5 fully saturated rings. The predicted molar refractivity (Wildman–Crippen MR) is 182 cm³/mol. The summed E-state index contributed by atoms with van der Waals surface area (Å²) >= 11 is 0. The first-order valence-corrected chi connectivity index (χ1v) is 19.1. The molecule has 0 aromatic carbocycles. The van der Waals surface area contributed by atoms with E-state index in [0.29, 0.717) is 48.2 Å². The number of aliphatic carboxylic acids is 1. The summed E-state index contributed by atoms with van der Waals surface area (Å²) in [4.78, 5) is 62.0. The van der Waals surface area contributed by atoms with E-state index in [1.165, 1.54) is 13.8 Å². The summed E-state index contributed by atoms with van der Waals surface area (Å²) in [6.45, 7) is 13.2. The van der Waals surface area contributed by atoms with Gasteiger partial charge >= 0.3 is 23.9 Å². The zero-order valence-electron chi connectivity index (χ0n) is 31.0. The van der Waals surface area contributed by atoms with Gasteiger partial charge in [-0.1, -0.05) is 52.2 Å². The molecule has 1 heterocycles. The molecular weight excluding hydrogens is 640 g/mol. The first-order chi connectivity index (χ1) is 23.5. The number of carboxylic acids is 1. The lowest BCUT2D eigenvalue weighted by Crippen LogP contribution is -2.63. The standard InChI is InChI=1S/C40H58O10/c1-21-9-8-16-40(20-15-30-33(47-23(3)41)34(48-24(4)42)35(49-25(5)43)36(50-30)37(45)46)19-13-28-26(32(21)40)10-11-31-38(6)18-14-29(44)22(2)27(38)12-17-39(28,31)7/h10,21-22,27-28,30-36H,8-9,11-20H2,1-7H3,(H,45,46). The van der Waals surface area contributed by atoms with E-state index in [4.69, 9.17) is 18.9 Å². The number of rotatable bonds is 7. The molecule has 1 saturated heterocycles. The molecule has 0 aromatic rings. The maximum atomic E-state index is 12.8. The largest absolute Gasteiger partial charge is 0.479 e. The number of ether oxygens (including phenoxy) is 4. The highest BCUT2D eigenvalue weighted by molar-refractivity contribution is 5.82. The number of allylic oxidation sites excluding steroid dienone is 2. The van der Waals surface area contributed by atoms with E-state index in [2.05, 4.69) is 33.8 Å². The molecule has 50 heavy (non-hydrogen) atoms. The number of carbonyl (C=O) groups excluding carboxylic acids is 4. The van der Waals surface area contributed by atoms with E-state index < -0.39 is 54.4 Å². The highest BCUT2D eigenvalue weighted by Crippen LogP contribution is 2.70. The number of fused-ring (bicyclic) bond motifs is 7. The number of hydrogen-bond donors (Lipinski definition) is 1. The van der Waals surface area contributed by atoms with E-state index in [1.54, 1.807) is 5.57 Å². The number of hydrogen-bond acceptors (Lipinski definition) is 9. The molecule has 14 atom stereocenters. The third-order valence-corrected chi connectivity index (χ3v) is 14.8. The second kappa shape index (κ2) is 13.7. The normalized spacial score (nSPS) is 45.4. The molecule has 14 unspecified atom stereocenters. The van der Waals surface area contributed by atoms with Gasteiger partial charge in [0.1, 0.15) is 5.78 Å². The minimum Gasteiger partial charge on any atom is -0.479 e. The van der Waals surface area contributed by atoms with Crippen LogP contribution in [0.2, 0.25) is 0 Å². The summed E-state index contributed by atoms with van der Waals surface area (Å²) in [5, 5.41) is 10.2. The Morgan fingerprint density at radius 1 is 0.860 bits per heavy atom. The van der Waals surface area contributed by atoms with E-state index in [9.17, 15) is 29.1 Å². The Labute approximate surface area is 296 Å². The zero-order valence-corrected chi connectivity index (χ0v) is 31.0. The Kier molecular flexibility index (Phi) is 10.1. The SMILES string of the molecule is CC(=O)OC1C(CCC23CCCC(C)C2C2=CCC4C(C)(CCC5C(C)C(=O)CCC54C)C2CC3)OC(C(=O)O)C(OC(C)=O)C1OC(C)=O. The fourth-order valence-corrected chi connectivity index (χ4v) is 12.8. The molecule has 5 aliphatic carbocycles. The molecule has 0 aromatic heterocycles. The van der Waals surface area contributed by atoms with Gasteiger partial charge < -0.3 is 24.1 Å². The van der Waals surface area contributed by atoms with Crippen molar-refractivity contribution in [3.05, 3.63) is 11.6 Å². The first-order valence-electron chi connectivity index (χ1n) is 19.1. The highest BCUT2D eigenvalue weighted by atomic mass is 16.7. The molecule has 0 spiro atoms. The summed E-state index contributed by atoms with van der Waals surface area (Å²) in [6.07, 6.45) is 7.82. The van der Waals surface area contributed by atoms with Gasteiger partial charge in [-0.25, -0.2) is 4.79 Å². The third kappa shape index (κ3) is 6.23. The molecule has 10 nitrogen and oxygen atoms in total. The maximum Gasteiger partial charge on any atom is 0.336 e. The van der Waals surface area contributed by atoms with Crippen molar-refractivity contribution in [1.29, 1.82) is 0 Å². The Balaban J connectivity index is 1.30. The van der Waals surface area contributed by atoms with Crippen molar-refractivity contribution < 1.29 is 48.0 Å². The quantitative estimate of drug-likeness (QED) is 0.175. The van der Waals surface area contributed by atoms with E-state index in [-0.39, 0.29) is 22.2 Å². The number of ketones is 1. The van der Waals surface area contributed by atoms with Crippen LogP contribution in [0.4, 0.5) is 0 Å². The fraction of sp³-hybridized carbons (Fsp3) is 0.825. The van der Waals surface area contributed by atoms with Crippen molar-refractivity contribution >= 4 is 29.7 Å². The Bertz CT molecular complexity index is 1420. The van der Waals surface area contributed by atoms with Crippen molar-refractivity contribution in [3.63, 3.8) is 0 Å². The Morgan fingerprint density at radius 3 is 2.18 bits per heavy atom. The zero-order chi connectivity index (χ0) is 36.3. The molecule has 1 N–H and O–H groups in total. The lowest BCUT2D eigenvalue weighted by molar-refractivity contribution is -0.249. The summed E-state index contributed by atoms with van der Waals surface area (Å²) in [7, 11) is 0. The Hall–Kier alpha value is -2.75. The van der Waals surface area contributed by atoms with Gasteiger partial charge in [0.2, 0.25) is 0 Å². The molecule has 0 bridgehead atoms. The van der Waals surface area contributed by atoms with Crippen LogP contribution in [0.3, 0.4) is 0 Å². The van der Waals surface area contributed by atoms with E-state index >= 15 is 0 Å². The van der Waals surface area contributed by atoms with Crippen LogP contribution < -0.4 is 0 Å². The second-order valence-electron chi connectivity index (χ2n) is 17.4. The maximum absolute atomic E-state index is 12.8. The van der Waals surface area contributed by atoms with Gasteiger partial charge in [0, 0.05) is 33.1 Å². The second-order valence-corrected chi connectivity index (χ2v) is 17.4. The van der Waals surface area contributed by atoms with Gasteiger partial charge in [-0.2, -0.15) is 0 Å². The van der Waals surface area contributed by atoms with Crippen LogP contribution in [0, 0.1) is 51.8 Å². The van der Waals surface area contributed by atoms with Crippen molar-refractivity contribution in [2.75, 3.05) is 0 Å². The van der Waals surface area contributed by atoms with Crippen LogP contribution in [0.1, 0.15) is 126 Å². The van der Waals surface area contributed by atoms with Gasteiger partial charge in [-0.15, -0.1) is 0 Å². The fourth-order valence-electron chi connectivity index (χ4n) is 12.8. The van der Waals surface area contributed by atoms with Crippen LogP contribution in [0.15, 0.2) is 11.6 Å². The monoisotopic (exact) mass is 698 g/mol. The lowest BCUT2D eigenvalue weighted by atomic mass is 9.38. The minimum absolute atomic E-state index is 0.0252. The summed E-state index contributed by atoms with van der Waals surface area (Å²) < 4.78 is 22.8.